The van der Waals surface area contributed by atoms with Crippen LogP contribution in [-0.4, -0.2) is 40.0 Å². The van der Waals surface area contributed by atoms with Crippen molar-refractivity contribution in [3.63, 3.8) is 0 Å². The van der Waals surface area contributed by atoms with Crippen molar-refractivity contribution in [3.8, 4) is 11.4 Å². The molecule has 1 aliphatic heterocycles. The molecule has 150 valence electrons. The molecule has 1 aromatic heterocycles. The van der Waals surface area contributed by atoms with Gasteiger partial charge in [0.05, 0.1) is 17.8 Å². The highest BCUT2D eigenvalue weighted by Gasteiger charge is 2.17. The molecule has 2 atom stereocenters. The molecule has 1 fully saturated rings. The Bertz CT molecular complexity index is 935. The van der Waals surface area contributed by atoms with Crippen molar-refractivity contribution in [2.24, 2.45) is 0 Å². The number of ether oxygens (including phenoxy) is 2. The number of benzene rings is 2. The Balaban J connectivity index is 1.36. The first-order valence-corrected chi connectivity index (χ1v) is 9.79. The third kappa shape index (κ3) is 4.81. The van der Waals surface area contributed by atoms with E-state index >= 15 is 0 Å². The Hall–Kier alpha value is -3.19. The lowest BCUT2D eigenvalue weighted by Crippen LogP contribution is -2.26. The van der Waals surface area contributed by atoms with Gasteiger partial charge in [0.25, 0.3) is 5.91 Å². The third-order valence-electron chi connectivity index (χ3n) is 4.98. The molecular weight excluding hydrogens is 368 g/mol. The number of hydrogen-bond acceptors (Lipinski definition) is 5. The fourth-order valence-electron chi connectivity index (χ4n) is 3.31. The molecule has 0 bridgehead atoms. The average molecular weight is 392 g/mol. The predicted octanol–water partition coefficient (Wildman–Crippen LogP) is 3.32. The molecule has 1 amide bonds. The third-order valence-corrected chi connectivity index (χ3v) is 4.98. The topological polar surface area (TPSA) is 78.3 Å². The van der Waals surface area contributed by atoms with Crippen LogP contribution in [0.15, 0.2) is 61.2 Å². The minimum absolute atomic E-state index is 0.135. The van der Waals surface area contributed by atoms with Crippen LogP contribution in [0.5, 0.6) is 5.75 Å². The summed E-state index contributed by atoms with van der Waals surface area (Å²) in [5.41, 5.74) is 2.50. The number of carbonyl (C=O) groups excluding carboxylic acids is 1. The van der Waals surface area contributed by atoms with Crippen LogP contribution in [0.1, 0.15) is 41.7 Å². The molecule has 29 heavy (non-hydrogen) atoms. The van der Waals surface area contributed by atoms with Gasteiger partial charge in [-0.15, -0.1) is 0 Å². The lowest BCUT2D eigenvalue weighted by Gasteiger charge is -2.16. The predicted molar refractivity (Wildman–Crippen MR) is 108 cm³/mol. The van der Waals surface area contributed by atoms with Crippen LogP contribution in [0.3, 0.4) is 0 Å². The molecule has 7 heteroatoms. The Kier molecular flexibility index (Phi) is 5.86. The molecular formula is C22H24N4O3. The van der Waals surface area contributed by atoms with Gasteiger partial charge < -0.3 is 14.8 Å². The van der Waals surface area contributed by atoms with E-state index in [0.29, 0.717) is 17.9 Å². The summed E-state index contributed by atoms with van der Waals surface area (Å²) in [7, 11) is 0. The summed E-state index contributed by atoms with van der Waals surface area (Å²) in [5, 5.41) is 7.15. The Labute approximate surface area is 169 Å². The van der Waals surface area contributed by atoms with Crippen molar-refractivity contribution >= 4 is 5.91 Å². The van der Waals surface area contributed by atoms with Crippen LogP contribution >= 0.6 is 0 Å². The lowest BCUT2D eigenvalue weighted by atomic mass is 10.1. The van der Waals surface area contributed by atoms with E-state index in [-0.39, 0.29) is 18.1 Å². The first kappa shape index (κ1) is 19.1. The highest BCUT2D eigenvalue weighted by molar-refractivity contribution is 5.94. The molecule has 1 saturated heterocycles. The molecule has 1 N–H and O–H groups in total. The number of nitrogens with one attached hydrogen (secondary N) is 1. The maximum Gasteiger partial charge on any atom is 0.251 e. The number of amides is 1. The van der Waals surface area contributed by atoms with Gasteiger partial charge in [0.2, 0.25) is 0 Å². The quantitative estimate of drug-likeness (QED) is 0.667. The second kappa shape index (κ2) is 8.87. The first-order chi connectivity index (χ1) is 14.2. The molecule has 1 aliphatic rings. The zero-order valence-electron chi connectivity index (χ0n) is 16.3. The average Bonchev–Trinajstić information content (AvgIpc) is 3.47. The van der Waals surface area contributed by atoms with Gasteiger partial charge in [-0.25, -0.2) is 9.67 Å². The van der Waals surface area contributed by atoms with Crippen LogP contribution in [0.4, 0.5) is 0 Å². The molecule has 7 nitrogen and oxygen atoms in total. The zero-order chi connectivity index (χ0) is 20.1. The van der Waals surface area contributed by atoms with Crippen molar-refractivity contribution in [2.75, 3.05) is 13.2 Å². The highest BCUT2D eigenvalue weighted by Crippen LogP contribution is 2.19. The van der Waals surface area contributed by atoms with Crippen LogP contribution in [0.2, 0.25) is 0 Å². The Morgan fingerprint density at radius 2 is 2.17 bits per heavy atom. The van der Waals surface area contributed by atoms with Gasteiger partial charge in [0.15, 0.2) is 0 Å². The minimum atomic E-state index is -0.139. The van der Waals surface area contributed by atoms with Gasteiger partial charge in [0, 0.05) is 12.2 Å². The fourth-order valence-corrected chi connectivity index (χ4v) is 3.31. The van der Waals surface area contributed by atoms with Gasteiger partial charge in [-0.3, -0.25) is 4.79 Å². The van der Waals surface area contributed by atoms with E-state index in [0.717, 1.165) is 30.7 Å². The van der Waals surface area contributed by atoms with Gasteiger partial charge in [-0.1, -0.05) is 18.2 Å². The molecule has 4 rings (SSSR count). The van der Waals surface area contributed by atoms with Crippen molar-refractivity contribution in [1.29, 1.82) is 0 Å². The van der Waals surface area contributed by atoms with Crippen LogP contribution in [0, 0.1) is 0 Å². The van der Waals surface area contributed by atoms with Gasteiger partial charge in [-0.2, -0.15) is 5.10 Å². The largest absolute Gasteiger partial charge is 0.491 e. The van der Waals surface area contributed by atoms with E-state index in [1.807, 2.05) is 43.3 Å². The van der Waals surface area contributed by atoms with E-state index in [1.165, 1.54) is 6.33 Å². The summed E-state index contributed by atoms with van der Waals surface area (Å²) in [6, 6.07) is 15.0. The molecule has 2 aromatic carbocycles. The monoisotopic (exact) mass is 392 g/mol. The molecule has 3 aromatic rings. The summed E-state index contributed by atoms with van der Waals surface area (Å²) in [6.45, 7) is 3.27. The maximum absolute atomic E-state index is 12.7. The summed E-state index contributed by atoms with van der Waals surface area (Å²) in [5.74, 6) is 0.540. The first-order valence-electron chi connectivity index (χ1n) is 9.79. The molecule has 0 radical (unpaired) electrons. The summed E-state index contributed by atoms with van der Waals surface area (Å²) in [6.07, 6.45) is 5.39. The summed E-state index contributed by atoms with van der Waals surface area (Å²) in [4.78, 5) is 16.6. The SMILES string of the molecule is CC(NC(=O)c1cccc(OCC2CCCO2)c1)c1ccc(-n2cncn2)cc1. The van der Waals surface area contributed by atoms with Gasteiger partial charge >= 0.3 is 0 Å². The second-order valence-corrected chi connectivity index (χ2v) is 7.10. The number of carbonyl (C=O) groups is 1. The van der Waals surface area contributed by atoms with Gasteiger partial charge in [0.1, 0.15) is 25.0 Å². The number of aromatic nitrogens is 3. The van der Waals surface area contributed by atoms with Crippen LogP contribution < -0.4 is 10.1 Å². The zero-order valence-corrected chi connectivity index (χ0v) is 16.3. The molecule has 2 unspecified atom stereocenters. The number of hydrogen-bond donors (Lipinski definition) is 1. The molecule has 0 saturated carbocycles. The van der Waals surface area contributed by atoms with E-state index in [9.17, 15) is 4.79 Å². The fraction of sp³-hybridized carbons (Fsp3) is 0.318. The molecule has 0 aliphatic carbocycles. The molecule has 0 spiro atoms. The van der Waals surface area contributed by atoms with E-state index in [2.05, 4.69) is 15.4 Å². The molecule has 2 heterocycles. The van der Waals surface area contributed by atoms with Crippen molar-refractivity contribution in [3.05, 3.63) is 72.3 Å². The maximum atomic E-state index is 12.7. The van der Waals surface area contributed by atoms with Crippen molar-refractivity contribution in [1.82, 2.24) is 20.1 Å². The standard InChI is InChI=1S/C22H24N4O3/c1-16(17-7-9-19(10-8-17)26-15-23-14-24-26)25-22(27)18-4-2-5-20(12-18)29-13-21-6-3-11-28-21/h2,4-5,7-10,12,14-16,21H,3,6,11,13H2,1H3,(H,25,27). The van der Waals surface area contributed by atoms with E-state index in [1.54, 1.807) is 23.1 Å². The van der Waals surface area contributed by atoms with Gasteiger partial charge in [-0.05, 0) is 55.7 Å². The van der Waals surface area contributed by atoms with Crippen molar-refractivity contribution in [2.45, 2.75) is 31.9 Å². The number of nitrogens with zero attached hydrogens (tertiary/aromatic N) is 3. The smallest absolute Gasteiger partial charge is 0.251 e. The minimum Gasteiger partial charge on any atom is -0.491 e. The van der Waals surface area contributed by atoms with Crippen molar-refractivity contribution < 1.29 is 14.3 Å². The van der Waals surface area contributed by atoms with E-state index < -0.39 is 0 Å². The number of rotatable bonds is 7. The van der Waals surface area contributed by atoms with E-state index in [4.69, 9.17) is 9.47 Å². The van der Waals surface area contributed by atoms with Crippen LogP contribution in [0.25, 0.3) is 5.69 Å². The van der Waals surface area contributed by atoms with Crippen LogP contribution in [-0.2, 0) is 4.74 Å². The second-order valence-electron chi connectivity index (χ2n) is 7.10. The summed E-state index contributed by atoms with van der Waals surface area (Å²) < 4.78 is 13.1. The normalized spacial score (nSPS) is 17.1. The summed E-state index contributed by atoms with van der Waals surface area (Å²) >= 11 is 0. The Morgan fingerprint density at radius 1 is 1.31 bits per heavy atom. The lowest BCUT2D eigenvalue weighted by molar-refractivity contribution is 0.0679. The Morgan fingerprint density at radius 3 is 2.90 bits per heavy atom. The highest BCUT2D eigenvalue weighted by atomic mass is 16.5.